The highest BCUT2D eigenvalue weighted by Crippen LogP contribution is 2.45. The summed E-state index contributed by atoms with van der Waals surface area (Å²) in [6, 6.07) is 4.27. The van der Waals surface area contributed by atoms with Gasteiger partial charge in [-0.1, -0.05) is 19.9 Å². The fourth-order valence-corrected chi connectivity index (χ4v) is 3.07. The summed E-state index contributed by atoms with van der Waals surface area (Å²) < 4.78 is 23.7. The lowest BCUT2D eigenvalue weighted by Gasteiger charge is -2.42. The summed E-state index contributed by atoms with van der Waals surface area (Å²) in [5.74, 6) is -0.655. The predicted molar refractivity (Wildman–Crippen MR) is 75.7 cm³/mol. The topological polar surface area (TPSA) is 55.8 Å². The highest BCUT2D eigenvalue weighted by Gasteiger charge is 2.46. The fourth-order valence-electron chi connectivity index (χ4n) is 3.07. The summed E-state index contributed by atoms with van der Waals surface area (Å²) in [4.78, 5) is 11.8. The van der Waals surface area contributed by atoms with Crippen molar-refractivity contribution in [3.8, 4) is 5.75 Å². The normalized spacial score (nSPS) is 24.4. The van der Waals surface area contributed by atoms with Gasteiger partial charge in [-0.2, -0.15) is 0 Å². The Morgan fingerprint density at radius 1 is 1.57 bits per heavy atom. The van der Waals surface area contributed by atoms with Crippen LogP contribution in [0, 0.1) is 11.7 Å². The maximum absolute atomic E-state index is 13.3. The van der Waals surface area contributed by atoms with Crippen LogP contribution in [0.25, 0.3) is 0 Å². The lowest BCUT2D eigenvalue weighted by molar-refractivity contribution is -0.153. The minimum absolute atomic E-state index is 0.0505. The largest absolute Gasteiger partial charge is 0.490 e. The Morgan fingerprint density at radius 3 is 2.90 bits per heavy atom. The van der Waals surface area contributed by atoms with Gasteiger partial charge in [-0.3, -0.25) is 4.79 Å². The first kappa shape index (κ1) is 15.8. The van der Waals surface area contributed by atoms with E-state index in [4.69, 9.17) is 9.47 Å². The smallest absolute Gasteiger partial charge is 0.308 e. The molecule has 0 bridgehead atoms. The monoisotopic (exact) mass is 296 g/mol. The number of ether oxygens (including phenoxy) is 2. The van der Waals surface area contributed by atoms with E-state index >= 15 is 0 Å². The van der Waals surface area contributed by atoms with Gasteiger partial charge in [-0.15, -0.1) is 0 Å². The van der Waals surface area contributed by atoms with Crippen molar-refractivity contribution in [3.05, 3.63) is 29.6 Å². The van der Waals surface area contributed by atoms with Crippen molar-refractivity contribution in [2.24, 2.45) is 5.92 Å². The molecular weight excluding hydrogens is 275 g/mol. The van der Waals surface area contributed by atoms with Gasteiger partial charge in [0.05, 0.1) is 13.0 Å². The van der Waals surface area contributed by atoms with Gasteiger partial charge in [-0.05, 0) is 18.9 Å². The molecule has 4 nitrogen and oxygen atoms in total. The number of hydrogen-bond acceptors (Lipinski definition) is 4. The number of aliphatic hydroxyl groups is 1. The lowest BCUT2D eigenvalue weighted by Crippen LogP contribution is -2.49. The minimum atomic E-state index is -1.34. The molecule has 21 heavy (non-hydrogen) atoms. The summed E-state index contributed by atoms with van der Waals surface area (Å²) in [5.41, 5.74) is -0.616. The minimum Gasteiger partial charge on any atom is -0.490 e. The highest BCUT2D eigenvalue weighted by molar-refractivity contribution is 5.71. The maximum atomic E-state index is 13.3. The van der Waals surface area contributed by atoms with Gasteiger partial charge in [0.2, 0.25) is 0 Å². The molecule has 0 saturated heterocycles. The molecule has 2 atom stereocenters. The van der Waals surface area contributed by atoms with Crippen molar-refractivity contribution in [2.45, 2.75) is 38.7 Å². The third-order valence-electron chi connectivity index (χ3n) is 3.79. The number of fused-ring (bicyclic) bond motifs is 1. The molecule has 0 aromatic heterocycles. The molecule has 0 aliphatic carbocycles. The summed E-state index contributed by atoms with van der Waals surface area (Å²) in [7, 11) is 0. The van der Waals surface area contributed by atoms with Crippen molar-refractivity contribution in [1.29, 1.82) is 0 Å². The fraction of sp³-hybridized carbons (Fsp3) is 0.562. The molecule has 1 aromatic rings. The van der Waals surface area contributed by atoms with Crippen molar-refractivity contribution in [2.75, 3.05) is 13.2 Å². The number of hydrogen-bond donors (Lipinski definition) is 1. The second-order valence-electron chi connectivity index (χ2n) is 5.78. The van der Waals surface area contributed by atoms with Gasteiger partial charge in [0, 0.05) is 17.5 Å². The Morgan fingerprint density at radius 2 is 2.29 bits per heavy atom. The molecule has 1 aromatic carbocycles. The van der Waals surface area contributed by atoms with Crippen LogP contribution in [-0.2, 0) is 9.53 Å². The molecule has 0 saturated carbocycles. The second-order valence-corrected chi connectivity index (χ2v) is 5.78. The average Bonchev–Trinajstić information content (AvgIpc) is 2.38. The van der Waals surface area contributed by atoms with E-state index in [-0.39, 0.29) is 37.3 Å². The predicted octanol–water partition coefficient (Wildman–Crippen LogP) is 2.64. The van der Waals surface area contributed by atoms with E-state index in [1.165, 1.54) is 12.1 Å². The van der Waals surface area contributed by atoms with Crippen LogP contribution < -0.4 is 4.74 Å². The number of carbonyl (C=O) groups excluding carboxylic acids is 1. The number of halogens is 1. The zero-order valence-electron chi connectivity index (χ0n) is 12.6. The van der Waals surface area contributed by atoms with E-state index in [1.54, 1.807) is 13.0 Å². The van der Waals surface area contributed by atoms with Crippen LogP contribution in [-0.4, -0.2) is 29.9 Å². The van der Waals surface area contributed by atoms with Gasteiger partial charge < -0.3 is 14.6 Å². The standard InChI is InChI=1S/C16H21FO4/c1-4-20-14(18)8-16(19)9-21-13-7-11(17)5-6-12(13)15(16)10(2)3/h5-7,10,15,19H,4,8-9H2,1-3H3/t15-,16+/m0/s1. The first-order valence-corrected chi connectivity index (χ1v) is 7.17. The molecule has 1 heterocycles. The molecule has 116 valence electrons. The molecule has 0 unspecified atom stereocenters. The Kier molecular flexibility index (Phi) is 4.52. The van der Waals surface area contributed by atoms with E-state index in [9.17, 15) is 14.3 Å². The molecule has 0 amide bonds. The third-order valence-corrected chi connectivity index (χ3v) is 3.79. The molecule has 5 heteroatoms. The summed E-state index contributed by atoms with van der Waals surface area (Å²) in [5, 5.41) is 10.9. The summed E-state index contributed by atoms with van der Waals surface area (Å²) in [6.45, 7) is 5.85. The summed E-state index contributed by atoms with van der Waals surface area (Å²) in [6.07, 6.45) is -0.138. The van der Waals surface area contributed by atoms with Crippen molar-refractivity contribution in [3.63, 3.8) is 0 Å². The van der Waals surface area contributed by atoms with Crippen LogP contribution in [0.4, 0.5) is 4.39 Å². The molecule has 1 aliphatic rings. The molecule has 0 fully saturated rings. The van der Waals surface area contributed by atoms with E-state index < -0.39 is 11.6 Å². The maximum Gasteiger partial charge on any atom is 0.308 e. The lowest BCUT2D eigenvalue weighted by atomic mass is 9.72. The van der Waals surface area contributed by atoms with Gasteiger partial charge in [0.1, 0.15) is 23.8 Å². The third kappa shape index (κ3) is 3.18. The van der Waals surface area contributed by atoms with Crippen LogP contribution in [0.2, 0.25) is 0 Å². The van der Waals surface area contributed by atoms with E-state index in [1.807, 2.05) is 13.8 Å². The van der Waals surface area contributed by atoms with E-state index in [0.29, 0.717) is 5.75 Å². The number of rotatable bonds is 4. The molecule has 0 radical (unpaired) electrons. The Labute approximate surface area is 123 Å². The molecule has 0 spiro atoms. The first-order valence-electron chi connectivity index (χ1n) is 7.17. The molecule has 1 aliphatic heterocycles. The van der Waals surface area contributed by atoms with Gasteiger partial charge >= 0.3 is 5.97 Å². The molecular formula is C16H21FO4. The van der Waals surface area contributed by atoms with E-state index in [2.05, 4.69) is 0 Å². The zero-order valence-corrected chi connectivity index (χ0v) is 12.6. The first-order chi connectivity index (χ1) is 9.87. The van der Waals surface area contributed by atoms with Crippen LogP contribution in [0.3, 0.4) is 0 Å². The quantitative estimate of drug-likeness (QED) is 0.868. The Bertz CT molecular complexity index is 529. The van der Waals surface area contributed by atoms with Crippen LogP contribution in [0.15, 0.2) is 18.2 Å². The SMILES string of the molecule is CCOC(=O)C[C@@]1(O)COc2cc(F)ccc2[C@@H]1C(C)C. The van der Waals surface area contributed by atoms with Crippen LogP contribution in [0.1, 0.15) is 38.7 Å². The van der Waals surface area contributed by atoms with Crippen LogP contribution in [0.5, 0.6) is 5.75 Å². The van der Waals surface area contributed by atoms with Gasteiger partial charge in [0.15, 0.2) is 0 Å². The highest BCUT2D eigenvalue weighted by atomic mass is 19.1. The second kappa shape index (κ2) is 6.02. The molecule has 1 N–H and O–H groups in total. The van der Waals surface area contributed by atoms with Gasteiger partial charge in [-0.25, -0.2) is 4.39 Å². The van der Waals surface area contributed by atoms with Crippen molar-refractivity contribution >= 4 is 5.97 Å². The average molecular weight is 296 g/mol. The van der Waals surface area contributed by atoms with Crippen LogP contribution >= 0.6 is 0 Å². The van der Waals surface area contributed by atoms with Crippen molar-refractivity contribution < 1.29 is 23.8 Å². The number of esters is 1. The van der Waals surface area contributed by atoms with E-state index in [0.717, 1.165) is 5.56 Å². The summed E-state index contributed by atoms with van der Waals surface area (Å²) >= 11 is 0. The van der Waals surface area contributed by atoms with Crippen molar-refractivity contribution in [1.82, 2.24) is 0 Å². The zero-order chi connectivity index (χ0) is 15.6. The number of benzene rings is 1. The molecule has 2 rings (SSSR count). The van der Waals surface area contributed by atoms with Gasteiger partial charge in [0.25, 0.3) is 0 Å². The Balaban J connectivity index is 2.35. The number of carbonyl (C=O) groups is 1. The Hall–Kier alpha value is -1.62.